The first-order valence-corrected chi connectivity index (χ1v) is 7.90. The molecule has 10 heteroatoms. The minimum atomic E-state index is -4.40. The van der Waals surface area contributed by atoms with Crippen LogP contribution in [0.5, 0.6) is 0 Å². The molecular formula is C15H16F3N7. The molecule has 0 amide bonds. The van der Waals surface area contributed by atoms with Gasteiger partial charge in [0.15, 0.2) is 11.3 Å². The first-order chi connectivity index (χ1) is 11.9. The molecule has 4 heterocycles. The lowest BCUT2D eigenvalue weighted by Crippen LogP contribution is -2.32. The molecule has 0 aromatic carbocycles. The Hall–Kier alpha value is -2.65. The summed E-state index contributed by atoms with van der Waals surface area (Å²) in [5.41, 5.74) is -0.153. The van der Waals surface area contributed by atoms with Crippen molar-refractivity contribution in [3.8, 4) is 0 Å². The number of alkyl halides is 3. The predicted octanol–water partition coefficient (Wildman–Crippen LogP) is 2.27. The summed E-state index contributed by atoms with van der Waals surface area (Å²) in [7, 11) is 1.92. The molecule has 3 aromatic heterocycles. The molecule has 25 heavy (non-hydrogen) atoms. The Morgan fingerprint density at radius 2 is 2.20 bits per heavy atom. The molecule has 0 fully saturated rings. The van der Waals surface area contributed by atoms with Gasteiger partial charge in [0.1, 0.15) is 18.0 Å². The molecule has 0 saturated heterocycles. The summed E-state index contributed by atoms with van der Waals surface area (Å²) in [6.07, 6.45) is 1.19. The highest BCUT2D eigenvalue weighted by Gasteiger charge is 2.35. The maximum absolute atomic E-state index is 12.8. The Morgan fingerprint density at radius 3 is 3.00 bits per heavy atom. The van der Waals surface area contributed by atoms with Crippen LogP contribution in [0.15, 0.2) is 18.7 Å². The van der Waals surface area contributed by atoms with E-state index in [1.807, 2.05) is 11.9 Å². The molecule has 0 bridgehead atoms. The molecule has 7 nitrogen and oxygen atoms in total. The third-order valence-corrected chi connectivity index (χ3v) is 4.50. The maximum Gasteiger partial charge on any atom is 0.434 e. The fraction of sp³-hybridized carbons (Fsp3) is 0.467. The van der Waals surface area contributed by atoms with E-state index in [1.165, 1.54) is 6.33 Å². The fourth-order valence-corrected chi connectivity index (χ4v) is 3.33. The predicted molar refractivity (Wildman–Crippen MR) is 84.0 cm³/mol. The van der Waals surface area contributed by atoms with E-state index in [9.17, 15) is 13.2 Å². The summed E-state index contributed by atoms with van der Waals surface area (Å²) >= 11 is 0. The highest BCUT2D eigenvalue weighted by molar-refractivity contribution is 5.85. The van der Waals surface area contributed by atoms with Gasteiger partial charge in [-0.05, 0) is 12.3 Å². The van der Waals surface area contributed by atoms with E-state index in [4.69, 9.17) is 0 Å². The van der Waals surface area contributed by atoms with Gasteiger partial charge >= 0.3 is 6.18 Å². The van der Waals surface area contributed by atoms with Gasteiger partial charge in [-0.3, -0.25) is 5.10 Å². The number of nitrogens with one attached hydrogen (secondary N) is 1. The molecule has 0 saturated carbocycles. The lowest BCUT2D eigenvalue weighted by atomic mass is 9.99. The van der Waals surface area contributed by atoms with Crippen molar-refractivity contribution in [3.05, 3.63) is 30.2 Å². The van der Waals surface area contributed by atoms with Crippen molar-refractivity contribution in [2.24, 2.45) is 5.92 Å². The highest BCUT2D eigenvalue weighted by Crippen LogP contribution is 2.31. The zero-order valence-corrected chi connectivity index (χ0v) is 13.5. The van der Waals surface area contributed by atoms with E-state index in [2.05, 4.69) is 25.1 Å². The number of aromatic nitrogens is 6. The van der Waals surface area contributed by atoms with Crippen molar-refractivity contribution in [1.82, 2.24) is 29.7 Å². The Morgan fingerprint density at radius 1 is 1.36 bits per heavy atom. The average molecular weight is 351 g/mol. The van der Waals surface area contributed by atoms with Crippen LogP contribution in [0.2, 0.25) is 0 Å². The minimum Gasteiger partial charge on any atom is -0.359 e. The van der Waals surface area contributed by atoms with Crippen LogP contribution in [0.1, 0.15) is 17.9 Å². The van der Waals surface area contributed by atoms with Gasteiger partial charge in [0.05, 0.1) is 11.6 Å². The number of anilines is 1. The highest BCUT2D eigenvalue weighted by atomic mass is 19.4. The van der Waals surface area contributed by atoms with Crippen LogP contribution in [0.4, 0.5) is 19.0 Å². The number of hydrogen-bond donors (Lipinski definition) is 1. The zero-order valence-electron chi connectivity index (χ0n) is 13.5. The first-order valence-electron chi connectivity index (χ1n) is 7.90. The molecule has 4 rings (SSSR count). The van der Waals surface area contributed by atoms with Gasteiger partial charge in [0, 0.05) is 32.8 Å². The van der Waals surface area contributed by atoms with E-state index >= 15 is 0 Å². The van der Waals surface area contributed by atoms with Crippen molar-refractivity contribution >= 4 is 16.9 Å². The summed E-state index contributed by atoms with van der Waals surface area (Å²) in [4.78, 5) is 14.1. The van der Waals surface area contributed by atoms with Crippen LogP contribution in [-0.4, -0.2) is 43.3 Å². The number of rotatable bonds is 3. The van der Waals surface area contributed by atoms with Gasteiger partial charge in [-0.1, -0.05) is 0 Å². The Balaban J connectivity index is 1.51. The van der Waals surface area contributed by atoms with Gasteiger partial charge < -0.3 is 9.47 Å². The monoisotopic (exact) mass is 351 g/mol. The lowest BCUT2D eigenvalue weighted by molar-refractivity contribution is -0.141. The molecule has 1 aliphatic heterocycles. The van der Waals surface area contributed by atoms with Crippen LogP contribution in [-0.2, 0) is 19.1 Å². The molecule has 0 spiro atoms. The molecule has 1 N–H and O–H groups in total. The van der Waals surface area contributed by atoms with Crippen LogP contribution in [0.3, 0.4) is 0 Å². The van der Waals surface area contributed by atoms with Gasteiger partial charge in [-0.2, -0.15) is 18.3 Å². The number of aryl methyl sites for hydroxylation is 1. The Bertz CT molecular complexity index is 898. The Kier molecular flexibility index (Phi) is 3.62. The minimum absolute atomic E-state index is 0.213. The molecular weight excluding hydrogens is 335 g/mol. The summed E-state index contributed by atoms with van der Waals surface area (Å²) < 4.78 is 40.1. The molecule has 0 aliphatic carbocycles. The SMILES string of the molecule is CN(CC1CCc2nc(C(F)(F)F)cn2C1)c1ncnc2[nH]ncc12. The van der Waals surface area contributed by atoms with E-state index in [0.717, 1.165) is 23.8 Å². The number of nitrogens with zero attached hydrogens (tertiary/aromatic N) is 6. The number of aromatic amines is 1. The number of fused-ring (bicyclic) bond motifs is 2. The standard InChI is InChI=1S/C15H16F3N7/c1-24(14-10-4-21-23-13(10)19-8-20-14)5-9-2-3-12-22-11(15(16,17)18)7-25(12)6-9/h4,7-9H,2-3,5-6H2,1H3,(H,19,20,21,23). The van der Waals surface area contributed by atoms with Gasteiger partial charge in [-0.15, -0.1) is 0 Å². The summed E-state index contributed by atoms with van der Waals surface area (Å²) in [6.45, 7) is 1.19. The lowest BCUT2D eigenvalue weighted by Gasteiger charge is -2.28. The topological polar surface area (TPSA) is 75.5 Å². The van der Waals surface area contributed by atoms with Crippen LogP contribution >= 0.6 is 0 Å². The summed E-state index contributed by atoms with van der Waals surface area (Å²) in [6, 6.07) is 0. The first kappa shape index (κ1) is 15.9. The molecule has 0 radical (unpaired) electrons. The van der Waals surface area contributed by atoms with Crippen molar-refractivity contribution in [3.63, 3.8) is 0 Å². The van der Waals surface area contributed by atoms with Crippen molar-refractivity contribution in [2.75, 3.05) is 18.5 Å². The third kappa shape index (κ3) is 2.92. The van der Waals surface area contributed by atoms with Crippen molar-refractivity contribution < 1.29 is 13.2 Å². The normalized spacial score (nSPS) is 17.7. The second kappa shape index (κ2) is 5.71. The second-order valence-corrected chi connectivity index (χ2v) is 6.31. The van der Waals surface area contributed by atoms with Crippen LogP contribution < -0.4 is 4.90 Å². The van der Waals surface area contributed by atoms with E-state index in [-0.39, 0.29) is 5.92 Å². The zero-order chi connectivity index (χ0) is 17.6. The molecule has 3 aromatic rings. The third-order valence-electron chi connectivity index (χ3n) is 4.50. The van der Waals surface area contributed by atoms with E-state index < -0.39 is 11.9 Å². The van der Waals surface area contributed by atoms with E-state index in [1.54, 1.807) is 10.8 Å². The second-order valence-electron chi connectivity index (χ2n) is 6.31. The fourth-order valence-electron chi connectivity index (χ4n) is 3.33. The molecule has 1 atom stereocenters. The van der Waals surface area contributed by atoms with Crippen LogP contribution in [0.25, 0.3) is 11.0 Å². The maximum atomic E-state index is 12.8. The molecule has 132 valence electrons. The van der Waals surface area contributed by atoms with Gasteiger partial charge in [0.2, 0.25) is 0 Å². The van der Waals surface area contributed by atoms with Crippen LogP contribution in [0, 0.1) is 5.92 Å². The number of imidazole rings is 1. The summed E-state index contributed by atoms with van der Waals surface area (Å²) in [5, 5.41) is 7.60. The number of H-pyrrole nitrogens is 1. The van der Waals surface area contributed by atoms with Gasteiger partial charge in [0.25, 0.3) is 0 Å². The average Bonchev–Trinajstić information content (AvgIpc) is 3.20. The number of halogens is 3. The number of hydrogen-bond acceptors (Lipinski definition) is 5. The Labute approximate surface area is 140 Å². The van der Waals surface area contributed by atoms with E-state index in [0.29, 0.717) is 31.0 Å². The molecule has 1 aliphatic rings. The smallest absolute Gasteiger partial charge is 0.359 e. The summed E-state index contributed by atoms with van der Waals surface area (Å²) in [5.74, 6) is 1.47. The quantitative estimate of drug-likeness (QED) is 0.783. The van der Waals surface area contributed by atoms with Crippen molar-refractivity contribution in [2.45, 2.75) is 25.6 Å². The van der Waals surface area contributed by atoms with Crippen molar-refractivity contribution in [1.29, 1.82) is 0 Å². The largest absolute Gasteiger partial charge is 0.434 e. The molecule has 1 unspecified atom stereocenters. The van der Waals surface area contributed by atoms with Gasteiger partial charge in [-0.25, -0.2) is 15.0 Å².